The second kappa shape index (κ2) is 7.79. The number of halogens is 1. The van der Waals surface area contributed by atoms with Crippen LogP contribution in [0.3, 0.4) is 0 Å². The summed E-state index contributed by atoms with van der Waals surface area (Å²) in [5, 5.41) is 3.11. The summed E-state index contributed by atoms with van der Waals surface area (Å²) in [5.74, 6) is 0.0461. The summed E-state index contributed by atoms with van der Waals surface area (Å²) in [5.41, 5.74) is 0. The van der Waals surface area contributed by atoms with Crippen molar-refractivity contribution in [3.8, 4) is 0 Å². The third-order valence-electron chi connectivity index (χ3n) is 4.92. The number of hydrogen-bond donors (Lipinski definition) is 1. The molecule has 1 aromatic rings. The number of pyridine rings is 1. The smallest absolute Gasteiger partial charge is 0.317 e. The first kappa shape index (κ1) is 17.0. The van der Waals surface area contributed by atoms with Gasteiger partial charge in [0, 0.05) is 39.5 Å². The van der Waals surface area contributed by atoms with Crippen molar-refractivity contribution in [2.24, 2.45) is 0 Å². The van der Waals surface area contributed by atoms with Gasteiger partial charge in [0.25, 0.3) is 0 Å². The maximum atomic E-state index is 13.8. The lowest BCUT2D eigenvalue weighted by Gasteiger charge is -2.37. The number of urea groups is 1. The van der Waals surface area contributed by atoms with E-state index in [0.717, 1.165) is 25.7 Å². The first-order chi connectivity index (χ1) is 11.7. The number of anilines is 1. The lowest BCUT2D eigenvalue weighted by Crippen LogP contribution is -2.56. The van der Waals surface area contributed by atoms with E-state index in [0.29, 0.717) is 32.0 Å². The van der Waals surface area contributed by atoms with Gasteiger partial charge in [-0.1, -0.05) is 12.8 Å². The number of piperazine rings is 1. The van der Waals surface area contributed by atoms with Crippen molar-refractivity contribution < 1.29 is 13.9 Å². The lowest BCUT2D eigenvalue weighted by molar-refractivity contribution is 0.0430. The molecule has 132 valence electrons. The van der Waals surface area contributed by atoms with Crippen molar-refractivity contribution in [1.29, 1.82) is 0 Å². The van der Waals surface area contributed by atoms with Crippen molar-refractivity contribution in [3.63, 3.8) is 0 Å². The van der Waals surface area contributed by atoms with Crippen LogP contribution >= 0.6 is 0 Å². The number of rotatable bonds is 3. The Morgan fingerprint density at radius 3 is 2.75 bits per heavy atom. The van der Waals surface area contributed by atoms with Crippen LogP contribution in [0.15, 0.2) is 18.3 Å². The molecule has 2 atom stereocenters. The summed E-state index contributed by atoms with van der Waals surface area (Å²) < 4.78 is 19.3. The fourth-order valence-corrected chi connectivity index (χ4v) is 3.53. The SMILES string of the molecule is CO[C@@H]1CCCC[C@H]1NC(=O)N1CCN(c2ncccc2F)CC1. The number of ether oxygens (including phenoxy) is 1. The molecule has 3 rings (SSSR count). The molecule has 6 nitrogen and oxygen atoms in total. The van der Waals surface area contributed by atoms with E-state index in [4.69, 9.17) is 4.74 Å². The third kappa shape index (κ3) is 3.77. The zero-order valence-electron chi connectivity index (χ0n) is 14.1. The topological polar surface area (TPSA) is 57.7 Å². The van der Waals surface area contributed by atoms with Crippen LogP contribution in [0.4, 0.5) is 15.0 Å². The van der Waals surface area contributed by atoms with Gasteiger partial charge in [-0.15, -0.1) is 0 Å². The van der Waals surface area contributed by atoms with Crippen molar-refractivity contribution in [2.45, 2.75) is 37.8 Å². The summed E-state index contributed by atoms with van der Waals surface area (Å²) >= 11 is 0. The minimum absolute atomic E-state index is 0.0508. The fourth-order valence-electron chi connectivity index (χ4n) is 3.53. The Bertz CT molecular complexity index is 563. The summed E-state index contributed by atoms with van der Waals surface area (Å²) in [7, 11) is 1.70. The molecule has 0 radical (unpaired) electrons. The highest BCUT2D eigenvalue weighted by Crippen LogP contribution is 2.21. The van der Waals surface area contributed by atoms with Crippen LogP contribution in [0.1, 0.15) is 25.7 Å². The number of carbonyl (C=O) groups excluding carboxylic acids is 1. The highest BCUT2D eigenvalue weighted by Gasteiger charge is 2.29. The Hall–Kier alpha value is -1.89. The summed E-state index contributed by atoms with van der Waals surface area (Å²) in [6.45, 7) is 2.29. The summed E-state index contributed by atoms with van der Waals surface area (Å²) in [6.07, 6.45) is 5.92. The van der Waals surface area contributed by atoms with Gasteiger partial charge in [-0.05, 0) is 25.0 Å². The molecule has 1 saturated heterocycles. The molecule has 7 heteroatoms. The molecular formula is C17H25FN4O2. The molecule has 1 N–H and O–H groups in total. The monoisotopic (exact) mass is 336 g/mol. The zero-order valence-corrected chi connectivity index (χ0v) is 14.1. The van der Waals surface area contributed by atoms with Gasteiger partial charge in [-0.3, -0.25) is 0 Å². The average Bonchev–Trinajstić information content (AvgIpc) is 2.63. The lowest BCUT2D eigenvalue weighted by atomic mass is 9.92. The molecule has 0 unspecified atom stereocenters. The van der Waals surface area contributed by atoms with Crippen molar-refractivity contribution >= 4 is 11.8 Å². The Morgan fingerprint density at radius 1 is 1.29 bits per heavy atom. The van der Waals surface area contributed by atoms with E-state index in [9.17, 15) is 9.18 Å². The molecule has 1 aromatic heterocycles. The van der Waals surface area contributed by atoms with E-state index < -0.39 is 0 Å². The van der Waals surface area contributed by atoms with Gasteiger partial charge < -0.3 is 19.9 Å². The van der Waals surface area contributed by atoms with Crippen LogP contribution in [0.2, 0.25) is 0 Å². The van der Waals surface area contributed by atoms with Gasteiger partial charge in [0.05, 0.1) is 12.1 Å². The zero-order chi connectivity index (χ0) is 16.9. The largest absolute Gasteiger partial charge is 0.379 e. The van der Waals surface area contributed by atoms with Crippen LogP contribution < -0.4 is 10.2 Å². The Labute approximate surface area is 142 Å². The van der Waals surface area contributed by atoms with Gasteiger partial charge in [0.15, 0.2) is 11.6 Å². The van der Waals surface area contributed by atoms with Crippen molar-refractivity contribution in [2.75, 3.05) is 38.2 Å². The standard InChI is InChI=1S/C17H25FN4O2/c1-24-15-7-3-2-6-14(15)20-17(23)22-11-9-21(10-12-22)16-13(18)5-4-8-19-16/h4-5,8,14-15H,2-3,6-7,9-12H2,1H3,(H,20,23)/t14-,15-/m1/s1. The number of amides is 2. The molecule has 0 bridgehead atoms. The fraction of sp³-hybridized carbons (Fsp3) is 0.647. The molecule has 0 aromatic carbocycles. The van der Waals surface area contributed by atoms with Crippen LogP contribution in [-0.2, 0) is 4.74 Å². The van der Waals surface area contributed by atoms with Crippen LogP contribution in [0.5, 0.6) is 0 Å². The van der Waals surface area contributed by atoms with E-state index in [2.05, 4.69) is 10.3 Å². The van der Waals surface area contributed by atoms with E-state index in [1.54, 1.807) is 24.3 Å². The highest BCUT2D eigenvalue weighted by molar-refractivity contribution is 5.75. The summed E-state index contributed by atoms with van der Waals surface area (Å²) in [6, 6.07) is 3.03. The maximum Gasteiger partial charge on any atom is 0.317 e. The molecule has 1 aliphatic heterocycles. The van der Waals surface area contributed by atoms with Crippen LogP contribution in [0.25, 0.3) is 0 Å². The molecule has 2 amide bonds. The predicted molar refractivity (Wildman–Crippen MR) is 89.6 cm³/mol. The first-order valence-electron chi connectivity index (χ1n) is 8.62. The minimum atomic E-state index is -0.319. The number of methoxy groups -OCH3 is 1. The van der Waals surface area contributed by atoms with Gasteiger partial charge in [0.1, 0.15) is 0 Å². The molecule has 2 fully saturated rings. The maximum absolute atomic E-state index is 13.8. The van der Waals surface area contributed by atoms with Gasteiger partial charge >= 0.3 is 6.03 Å². The second-order valence-corrected chi connectivity index (χ2v) is 6.40. The van der Waals surface area contributed by atoms with Crippen LogP contribution in [-0.4, -0.2) is 61.3 Å². The average molecular weight is 336 g/mol. The van der Waals surface area contributed by atoms with E-state index in [1.807, 2.05) is 4.90 Å². The molecular weight excluding hydrogens is 311 g/mol. The van der Waals surface area contributed by atoms with E-state index >= 15 is 0 Å². The number of aromatic nitrogens is 1. The number of nitrogens with one attached hydrogen (secondary N) is 1. The van der Waals surface area contributed by atoms with Gasteiger partial charge in [-0.25, -0.2) is 14.2 Å². The Morgan fingerprint density at radius 2 is 2.04 bits per heavy atom. The van der Waals surface area contributed by atoms with E-state index in [1.165, 1.54) is 6.07 Å². The highest BCUT2D eigenvalue weighted by atomic mass is 19.1. The Kier molecular flexibility index (Phi) is 5.50. The summed E-state index contributed by atoms with van der Waals surface area (Å²) in [4.78, 5) is 20.3. The second-order valence-electron chi connectivity index (χ2n) is 6.40. The normalized spacial score (nSPS) is 24.8. The molecule has 1 saturated carbocycles. The Balaban J connectivity index is 1.52. The number of hydrogen-bond acceptors (Lipinski definition) is 4. The van der Waals surface area contributed by atoms with Crippen molar-refractivity contribution in [1.82, 2.24) is 15.2 Å². The van der Waals surface area contributed by atoms with Gasteiger partial charge in [-0.2, -0.15) is 0 Å². The number of carbonyl (C=O) groups is 1. The molecule has 2 heterocycles. The third-order valence-corrected chi connectivity index (χ3v) is 4.92. The molecule has 1 aliphatic carbocycles. The molecule has 0 spiro atoms. The van der Waals surface area contributed by atoms with Crippen molar-refractivity contribution in [3.05, 3.63) is 24.1 Å². The first-order valence-corrected chi connectivity index (χ1v) is 8.62. The van der Waals surface area contributed by atoms with Gasteiger partial charge in [0.2, 0.25) is 0 Å². The minimum Gasteiger partial charge on any atom is -0.379 e. The predicted octanol–water partition coefficient (Wildman–Crippen LogP) is 2.01. The van der Waals surface area contributed by atoms with E-state index in [-0.39, 0.29) is 24.0 Å². The molecule has 24 heavy (non-hydrogen) atoms. The molecule has 2 aliphatic rings. The van der Waals surface area contributed by atoms with Crippen LogP contribution in [0, 0.1) is 5.82 Å². The quantitative estimate of drug-likeness (QED) is 0.917. The number of nitrogens with zero attached hydrogens (tertiary/aromatic N) is 3.